The van der Waals surface area contributed by atoms with Crippen molar-refractivity contribution in [2.75, 3.05) is 6.67 Å². The Labute approximate surface area is 55.7 Å². The Morgan fingerprint density at radius 1 is 1.40 bits per heavy atom. The maximum atomic E-state index is 12.1. The van der Waals surface area contributed by atoms with Gasteiger partial charge in [0.25, 0.3) is 6.43 Å². The Morgan fingerprint density at radius 3 is 1.90 bits per heavy atom. The number of hydrogen-bond acceptors (Lipinski definition) is 1. The molecule has 2 atom stereocenters. The van der Waals surface area contributed by atoms with Crippen LogP contribution in [0.4, 0.5) is 17.6 Å². The molecular formula is C5H8F4O. The third kappa shape index (κ3) is 1.83. The van der Waals surface area contributed by atoms with Gasteiger partial charge in [0.1, 0.15) is 6.67 Å². The van der Waals surface area contributed by atoms with Crippen molar-refractivity contribution in [1.82, 2.24) is 0 Å². The Kier molecular flexibility index (Phi) is 3.08. The quantitative estimate of drug-likeness (QED) is 0.617. The summed E-state index contributed by atoms with van der Waals surface area (Å²) in [5.74, 6) is 0. The van der Waals surface area contributed by atoms with Crippen LogP contribution in [0, 0.1) is 0 Å². The number of aliphatic hydroxyl groups is 1. The van der Waals surface area contributed by atoms with Crippen LogP contribution in [0.3, 0.4) is 0 Å². The molecule has 0 saturated heterocycles. The predicted molar refractivity (Wildman–Crippen MR) is 27.5 cm³/mol. The van der Waals surface area contributed by atoms with Crippen molar-refractivity contribution in [3.8, 4) is 0 Å². The van der Waals surface area contributed by atoms with E-state index in [1.165, 1.54) is 0 Å². The Morgan fingerprint density at radius 2 is 1.80 bits per heavy atom. The molecule has 0 heterocycles. The lowest BCUT2D eigenvalue weighted by atomic mass is 10.0. The lowest BCUT2D eigenvalue weighted by Crippen LogP contribution is -2.44. The summed E-state index contributed by atoms with van der Waals surface area (Å²) in [6, 6.07) is 0. The summed E-state index contributed by atoms with van der Waals surface area (Å²) in [5.41, 5.74) is -2.87. The van der Waals surface area contributed by atoms with Crippen LogP contribution in [-0.2, 0) is 0 Å². The third-order valence-corrected chi connectivity index (χ3v) is 1.21. The smallest absolute Gasteiger partial charge is 0.269 e. The van der Waals surface area contributed by atoms with Crippen LogP contribution in [0.5, 0.6) is 0 Å². The molecule has 62 valence electrons. The lowest BCUT2D eigenvalue weighted by molar-refractivity contribution is -0.130. The second-order valence-corrected chi connectivity index (χ2v) is 2.15. The van der Waals surface area contributed by atoms with Gasteiger partial charge in [-0.05, 0) is 6.92 Å². The van der Waals surface area contributed by atoms with Crippen LogP contribution in [0.2, 0.25) is 0 Å². The maximum absolute atomic E-state index is 12.1. The standard InChI is InChI=1S/C5H8F4O/c1-5(10,4(8)9)3(7)2-6/h3-4,10H,2H2,1H3. The number of halogens is 4. The highest BCUT2D eigenvalue weighted by molar-refractivity contribution is 4.84. The van der Waals surface area contributed by atoms with Gasteiger partial charge in [-0.3, -0.25) is 0 Å². The van der Waals surface area contributed by atoms with E-state index >= 15 is 0 Å². The predicted octanol–water partition coefficient (Wildman–Crippen LogP) is 1.31. The Bertz CT molecular complexity index is 104. The van der Waals surface area contributed by atoms with Gasteiger partial charge >= 0.3 is 0 Å². The molecule has 1 nitrogen and oxygen atoms in total. The topological polar surface area (TPSA) is 20.2 Å². The van der Waals surface area contributed by atoms with E-state index in [-0.39, 0.29) is 0 Å². The van der Waals surface area contributed by atoms with Crippen molar-refractivity contribution >= 4 is 0 Å². The summed E-state index contributed by atoms with van der Waals surface area (Å²) in [6.07, 6.45) is -5.79. The molecule has 0 radical (unpaired) electrons. The minimum Gasteiger partial charge on any atom is -0.381 e. The van der Waals surface area contributed by atoms with Crippen LogP contribution in [0.15, 0.2) is 0 Å². The number of hydrogen-bond donors (Lipinski definition) is 1. The molecule has 0 fully saturated rings. The molecule has 2 unspecified atom stereocenters. The van der Waals surface area contributed by atoms with Gasteiger partial charge in [-0.25, -0.2) is 17.6 Å². The summed E-state index contributed by atoms with van der Waals surface area (Å²) in [4.78, 5) is 0. The van der Waals surface area contributed by atoms with E-state index in [2.05, 4.69) is 0 Å². The molecule has 0 rings (SSSR count). The Balaban J connectivity index is 4.09. The van der Waals surface area contributed by atoms with Crippen LogP contribution >= 0.6 is 0 Å². The second kappa shape index (κ2) is 3.18. The minimum absolute atomic E-state index is 0.557. The van der Waals surface area contributed by atoms with Crippen molar-refractivity contribution in [3.63, 3.8) is 0 Å². The van der Waals surface area contributed by atoms with E-state index < -0.39 is 24.9 Å². The molecule has 0 aliphatic carbocycles. The van der Waals surface area contributed by atoms with Crippen LogP contribution in [0.25, 0.3) is 0 Å². The third-order valence-electron chi connectivity index (χ3n) is 1.21. The molecule has 0 aliphatic heterocycles. The molecule has 0 aromatic carbocycles. The lowest BCUT2D eigenvalue weighted by Gasteiger charge is -2.23. The van der Waals surface area contributed by atoms with Crippen LogP contribution in [0.1, 0.15) is 6.92 Å². The highest BCUT2D eigenvalue weighted by atomic mass is 19.3. The Hall–Kier alpha value is -0.320. The summed E-state index contributed by atoms with van der Waals surface area (Å²) >= 11 is 0. The molecule has 0 aromatic heterocycles. The van der Waals surface area contributed by atoms with E-state index in [0.717, 1.165) is 0 Å². The normalized spacial score (nSPS) is 20.7. The van der Waals surface area contributed by atoms with E-state index in [9.17, 15) is 17.6 Å². The fourth-order valence-corrected chi connectivity index (χ4v) is 0.293. The van der Waals surface area contributed by atoms with Crippen molar-refractivity contribution in [1.29, 1.82) is 0 Å². The van der Waals surface area contributed by atoms with Crippen molar-refractivity contribution in [2.24, 2.45) is 0 Å². The molecule has 0 spiro atoms. The first-order chi connectivity index (χ1) is 4.42. The van der Waals surface area contributed by atoms with Gasteiger partial charge in [-0.15, -0.1) is 0 Å². The minimum atomic E-state index is -3.27. The average Bonchev–Trinajstić information content (AvgIpc) is 1.86. The second-order valence-electron chi connectivity index (χ2n) is 2.15. The summed E-state index contributed by atoms with van der Waals surface area (Å²) in [7, 11) is 0. The van der Waals surface area contributed by atoms with Crippen molar-refractivity contribution in [3.05, 3.63) is 0 Å². The summed E-state index contributed by atoms with van der Waals surface area (Å²) in [5, 5.41) is 8.50. The molecule has 10 heavy (non-hydrogen) atoms. The fraction of sp³-hybridized carbons (Fsp3) is 1.00. The zero-order valence-corrected chi connectivity index (χ0v) is 5.32. The van der Waals surface area contributed by atoms with Gasteiger partial charge in [0.05, 0.1) is 0 Å². The molecule has 0 bridgehead atoms. The molecular weight excluding hydrogens is 152 g/mol. The van der Waals surface area contributed by atoms with Gasteiger partial charge in [0.2, 0.25) is 0 Å². The van der Waals surface area contributed by atoms with Gasteiger partial charge < -0.3 is 5.11 Å². The fourth-order valence-electron chi connectivity index (χ4n) is 0.293. The number of alkyl halides is 4. The van der Waals surface area contributed by atoms with Gasteiger partial charge in [0, 0.05) is 0 Å². The highest BCUT2D eigenvalue weighted by Gasteiger charge is 2.41. The zero-order chi connectivity index (χ0) is 8.36. The van der Waals surface area contributed by atoms with Crippen molar-refractivity contribution < 1.29 is 22.7 Å². The number of rotatable bonds is 3. The first-order valence-electron chi connectivity index (χ1n) is 2.63. The van der Waals surface area contributed by atoms with E-state index in [4.69, 9.17) is 5.11 Å². The zero-order valence-electron chi connectivity index (χ0n) is 5.32. The first-order valence-corrected chi connectivity index (χ1v) is 2.63. The van der Waals surface area contributed by atoms with E-state index in [1.54, 1.807) is 0 Å². The monoisotopic (exact) mass is 160 g/mol. The SMILES string of the molecule is CC(O)(C(F)F)C(F)CF. The molecule has 0 amide bonds. The average molecular weight is 160 g/mol. The van der Waals surface area contributed by atoms with Crippen LogP contribution < -0.4 is 0 Å². The van der Waals surface area contributed by atoms with Gasteiger partial charge in [-0.1, -0.05) is 0 Å². The highest BCUT2D eigenvalue weighted by Crippen LogP contribution is 2.21. The van der Waals surface area contributed by atoms with Gasteiger partial charge in [0.15, 0.2) is 11.8 Å². The van der Waals surface area contributed by atoms with Gasteiger partial charge in [-0.2, -0.15) is 0 Å². The first kappa shape index (κ1) is 9.68. The van der Waals surface area contributed by atoms with E-state index in [1.807, 2.05) is 0 Å². The molecule has 0 aliphatic rings. The maximum Gasteiger partial charge on any atom is 0.269 e. The largest absolute Gasteiger partial charge is 0.381 e. The molecule has 0 saturated carbocycles. The van der Waals surface area contributed by atoms with Crippen LogP contribution in [-0.4, -0.2) is 30.0 Å². The molecule has 0 aromatic rings. The summed E-state index contributed by atoms with van der Waals surface area (Å²) < 4.78 is 46.6. The molecule has 5 heteroatoms. The van der Waals surface area contributed by atoms with E-state index in [0.29, 0.717) is 6.92 Å². The van der Waals surface area contributed by atoms with Crippen molar-refractivity contribution in [2.45, 2.75) is 25.1 Å². The molecule has 1 N–H and O–H groups in total. The summed E-state index contributed by atoms with van der Waals surface area (Å²) in [6.45, 7) is -1.04.